The zero-order chi connectivity index (χ0) is 16.9. The van der Waals surface area contributed by atoms with E-state index in [9.17, 15) is 4.79 Å². The van der Waals surface area contributed by atoms with Gasteiger partial charge in [-0.1, -0.05) is 6.07 Å². The monoisotopic (exact) mass is 324 g/mol. The number of esters is 1. The molecule has 0 atom stereocenters. The number of hydrogen-bond donors (Lipinski definition) is 0. The summed E-state index contributed by atoms with van der Waals surface area (Å²) in [6.45, 7) is 0. The second-order valence-electron chi connectivity index (χ2n) is 5.65. The average molecular weight is 324 g/mol. The summed E-state index contributed by atoms with van der Waals surface area (Å²) in [5.74, 6) is 1.53. The number of ether oxygens (including phenoxy) is 3. The molecule has 0 saturated carbocycles. The third-order valence-electron chi connectivity index (χ3n) is 4.12. The second kappa shape index (κ2) is 7.21. The van der Waals surface area contributed by atoms with Crippen LogP contribution in [0.4, 0.5) is 0 Å². The van der Waals surface area contributed by atoms with Crippen molar-refractivity contribution in [3.63, 3.8) is 0 Å². The highest BCUT2D eigenvalue weighted by Gasteiger charge is 2.12. The van der Waals surface area contributed by atoms with Gasteiger partial charge in [0.15, 0.2) is 0 Å². The molecule has 0 unspecified atom stereocenters. The Bertz CT molecular complexity index is 777. The van der Waals surface area contributed by atoms with Crippen molar-refractivity contribution in [1.82, 2.24) is 0 Å². The van der Waals surface area contributed by atoms with Crippen LogP contribution in [-0.2, 0) is 17.6 Å². The predicted molar refractivity (Wildman–Crippen MR) is 92.7 cm³/mol. The number of carbonyl (C=O) groups is 1. The maximum absolute atomic E-state index is 12.1. The molecular weight excluding hydrogens is 304 g/mol. The quantitative estimate of drug-likeness (QED) is 0.476. The Hall–Kier alpha value is -2.75. The van der Waals surface area contributed by atoms with Gasteiger partial charge in [-0.05, 0) is 66.8 Å². The van der Waals surface area contributed by atoms with Crippen molar-refractivity contribution in [2.45, 2.75) is 19.3 Å². The lowest BCUT2D eigenvalue weighted by atomic mass is 10.1. The summed E-state index contributed by atoms with van der Waals surface area (Å²) in [5, 5.41) is 0. The van der Waals surface area contributed by atoms with Gasteiger partial charge in [-0.25, -0.2) is 4.79 Å². The number of rotatable bonds is 5. The van der Waals surface area contributed by atoms with E-state index in [1.165, 1.54) is 23.6 Å². The molecular formula is C20H20O4. The van der Waals surface area contributed by atoms with Crippen LogP contribution in [0.2, 0.25) is 0 Å². The third kappa shape index (κ3) is 3.59. The summed E-state index contributed by atoms with van der Waals surface area (Å²) in [7, 11) is 3.18. The highest BCUT2D eigenvalue weighted by Crippen LogP contribution is 2.27. The Morgan fingerprint density at radius 2 is 1.75 bits per heavy atom. The van der Waals surface area contributed by atoms with E-state index in [1.54, 1.807) is 38.5 Å². The summed E-state index contributed by atoms with van der Waals surface area (Å²) >= 11 is 0. The van der Waals surface area contributed by atoms with Crippen molar-refractivity contribution in [2.24, 2.45) is 0 Å². The Kier molecular flexibility index (Phi) is 4.85. The Morgan fingerprint density at radius 1 is 0.958 bits per heavy atom. The lowest BCUT2D eigenvalue weighted by molar-refractivity contribution is -0.128. The van der Waals surface area contributed by atoms with Gasteiger partial charge in [0.25, 0.3) is 0 Å². The third-order valence-corrected chi connectivity index (χ3v) is 4.12. The first-order valence-corrected chi connectivity index (χ1v) is 7.93. The summed E-state index contributed by atoms with van der Waals surface area (Å²) < 4.78 is 15.9. The van der Waals surface area contributed by atoms with Crippen LogP contribution in [-0.4, -0.2) is 20.2 Å². The summed E-state index contributed by atoms with van der Waals surface area (Å²) in [4.78, 5) is 12.1. The molecule has 0 N–H and O–H groups in total. The zero-order valence-corrected chi connectivity index (χ0v) is 13.9. The van der Waals surface area contributed by atoms with Gasteiger partial charge in [0.2, 0.25) is 0 Å². The SMILES string of the molecule is COc1ccc(OC)c(/C=C/C(=O)Oc2ccc3c(c2)CCC3)c1. The van der Waals surface area contributed by atoms with Gasteiger partial charge in [0, 0.05) is 11.6 Å². The molecule has 0 spiro atoms. The molecule has 0 heterocycles. The van der Waals surface area contributed by atoms with Gasteiger partial charge in [0.05, 0.1) is 14.2 Å². The number of carbonyl (C=O) groups excluding carboxylic acids is 1. The maximum Gasteiger partial charge on any atom is 0.336 e. The Balaban J connectivity index is 1.71. The number of aryl methyl sites for hydroxylation is 2. The molecule has 0 amide bonds. The van der Waals surface area contributed by atoms with Crippen LogP contribution in [0, 0.1) is 0 Å². The highest BCUT2D eigenvalue weighted by molar-refractivity contribution is 5.89. The Morgan fingerprint density at radius 3 is 2.54 bits per heavy atom. The Labute approximate surface area is 141 Å². The van der Waals surface area contributed by atoms with Crippen LogP contribution in [0.25, 0.3) is 6.08 Å². The minimum absolute atomic E-state index is 0.419. The zero-order valence-electron chi connectivity index (χ0n) is 13.9. The van der Waals surface area contributed by atoms with E-state index in [0.29, 0.717) is 17.2 Å². The first-order chi connectivity index (χ1) is 11.7. The van der Waals surface area contributed by atoms with Crippen molar-refractivity contribution < 1.29 is 19.0 Å². The van der Waals surface area contributed by atoms with E-state index in [0.717, 1.165) is 18.4 Å². The molecule has 0 saturated heterocycles. The van der Waals surface area contributed by atoms with Crippen LogP contribution >= 0.6 is 0 Å². The standard InChI is InChI=1S/C20H20O4/c1-22-17-9-10-19(23-2)16(13-17)7-11-20(21)24-18-8-6-14-4-3-5-15(14)12-18/h6-13H,3-5H2,1-2H3/b11-7+. The molecule has 1 aliphatic carbocycles. The topological polar surface area (TPSA) is 44.8 Å². The van der Waals surface area contributed by atoms with Crippen molar-refractivity contribution in [2.75, 3.05) is 14.2 Å². The second-order valence-corrected chi connectivity index (χ2v) is 5.65. The van der Waals surface area contributed by atoms with Crippen LogP contribution in [0.5, 0.6) is 17.2 Å². The molecule has 0 radical (unpaired) electrons. The maximum atomic E-state index is 12.1. The molecule has 3 rings (SSSR count). The molecule has 0 bridgehead atoms. The molecule has 4 nitrogen and oxygen atoms in total. The van der Waals surface area contributed by atoms with E-state index in [1.807, 2.05) is 18.2 Å². The number of hydrogen-bond acceptors (Lipinski definition) is 4. The van der Waals surface area contributed by atoms with Crippen LogP contribution in [0.1, 0.15) is 23.1 Å². The summed E-state index contributed by atoms with van der Waals surface area (Å²) in [5.41, 5.74) is 3.38. The van der Waals surface area contributed by atoms with E-state index >= 15 is 0 Å². The van der Waals surface area contributed by atoms with Crippen LogP contribution in [0.15, 0.2) is 42.5 Å². The van der Waals surface area contributed by atoms with E-state index in [2.05, 4.69) is 0 Å². The molecule has 0 aromatic heterocycles. The van der Waals surface area contributed by atoms with E-state index in [-0.39, 0.29) is 0 Å². The fourth-order valence-corrected chi connectivity index (χ4v) is 2.89. The fraction of sp³-hybridized carbons (Fsp3) is 0.250. The minimum atomic E-state index is -0.419. The van der Waals surface area contributed by atoms with Crippen molar-refractivity contribution in [3.05, 3.63) is 59.2 Å². The normalized spacial score (nSPS) is 12.9. The fourth-order valence-electron chi connectivity index (χ4n) is 2.89. The van der Waals surface area contributed by atoms with Crippen molar-refractivity contribution in [3.8, 4) is 17.2 Å². The predicted octanol–water partition coefficient (Wildman–Crippen LogP) is 3.81. The molecule has 2 aromatic rings. The van der Waals surface area contributed by atoms with Crippen molar-refractivity contribution >= 4 is 12.0 Å². The van der Waals surface area contributed by atoms with Gasteiger partial charge in [-0.2, -0.15) is 0 Å². The average Bonchev–Trinajstić information content (AvgIpc) is 3.07. The van der Waals surface area contributed by atoms with Crippen molar-refractivity contribution in [1.29, 1.82) is 0 Å². The number of methoxy groups -OCH3 is 2. The largest absolute Gasteiger partial charge is 0.497 e. The number of fused-ring (bicyclic) bond motifs is 1. The van der Waals surface area contributed by atoms with Gasteiger partial charge < -0.3 is 14.2 Å². The lowest BCUT2D eigenvalue weighted by Crippen LogP contribution is -2.04. The summed E-state index contributed by atoms with van der Waals surface area (Å²) in [6.07, 6.45) is 6.39. The van der Waals surface area contributed by atoms with Gasteiger partial charge in [-0.15, -0.1) is 0 Å². The number of benzene rings is 2. The lowest BCUT2D eigenvalue weighted by Gasteiger charge is -2.07. The molecule has 0 aliphatic heterocycles. The molecule has 124 valence electrons. The molecule has 1 aliphatic rings. The van der Waals surface area contributed by atoms with E-state index in [4.69, 9.17) is 14.2 Å². The van der Waals surface area contributed by atoms with Gasteiger partial charge >= 0.3 is 5.97 Å². The van der Waals surface area contributed by atoms with E-state index < -0.39 is 5.97 Å². The van der Waals surface area contributed by atoms with Gasteiger partial charge in [0.1, 0.15) is 17.2 Å². The molecule has 4 heteroatoms. The molecule has 2 aromatic carbocycles. The summed E-state index contributed by atoms with van der Waals surface area (Å²) in [6, 6.07) is 11.3. The van der Waals surface area contributed by atoms with Gasteiger partial charge in [-0.3, -0.25) is 0 Å². The minimum Gasteiger partial charge on any atom is -0.497 e. The van der Waals surface area contributed by atoms with Crippen LogP contribution < -0.4 is 14.2 Å². The molecule has 0 fully saturated rings. The molecule has 24 heavy (non-hydrogen) atoms. The first-order valence-electron chi connectivity index (χ1n) is 7.93. The smallest absolute Gasteiger partial charge is 0.336 e. The highest BCUT2D eigenvalue weighted by atomic mass is 16.5. The first kappa shape index (κ1) is 16.1. The van der Waals surface area contributed by atoms with Crippen LogP contribution in [0.3, 0.4) is 0 Å².